The van der Waals surface area contributed by atoms with E-state index in [0.717, 1.165) is 43.4 Å². The summed E-state index contributed by atoms with van der Waals surface area (Å²) in [5.74, 6) is -0.823. The third-order valence-corrected chi connectivity index (χ3v) is 11.9. The molecule has 55 heavy (non-hydrogen) atoms. The van der Waals surface area contributed by atoms with Crippen molar-refractivity contribution in [1.29, 1.82) is 0 Å². The largest absolute Gasteiger partial charge is 0.379 e. The van der Waals surface area contributed by atoms with E-state index in [4.69, 9.17) is 9.47 Å². The van der Waals surface area contributed by atoms with Gasteiger partial charge in [-0.15, -0.1) is 0 Å². The SMILES string of the molecule is CCC.CCC(C)C(C(CC(=O)N1CCCC1C(OC)C(C)C(=O)N[C@@H](Cc1ccccc1)c1ccn[nH]1)OC)N(C)C(=O)CNC(=O)C1NC2CCC1C2. The van der Waals surface area contributed by atoms with Gasteiger partial charge in [-0.05, 0) is 62.0 Å². The van der Waals surface area contributed by atoms with Crippen LogP contribution in [0.1, 0.15) is 103 Å². The molecule has 9 unspecified atom stereocenters. The molecule has 4 N–H and O–H groups in total. The second-order valence-electron chi connectivity index (χ2n) is 15.7. The van der Waals surface area contributed by atoms with Crippen LogP contribution < -0.4 is 16.0 Å². The molecule has 2 saturated heterocycles. The van der Waals surface area contributed by atoms with Gasteiger partial charge in [0.15, 0.2) is 0 Å². The van der Waals surface area contributed by atoms with Gasteiger partial charge >= 0.3 is 0 Å². The smallest absolute Gasteiger partial charge is 0.242 e. The zero-order valence-corrected chi connectivity index (χ0v) is 34.4. The third kappa shape index (κ3) is 11.4. The van der Waals surface area contributed by atoms with E-state index in [1.807, 2.05) is 48.2 Å². The summed E-state index contributed by atoms with van der Waals surface area (Å²) in [5.41, 5.74) is 1.89. The highest BCUT2D eigenvalue weighted by Crippen LogP contribution is 2.35. The fourth-order valence-electron chi connectivity index (χ4n) is 8.73. The molecule has 3 heterocycles. The highest BCUT2D eigenvalue weighted by atomic mass is 16.5. The van der Waals surface area contributed by atoms with Crippen LogP contribution in [0.25, 0.3) is 0 Å². The van der Waals surface area contributed by atoms with E-state index in [9.17, 15) is 19.2 Å². The molecule has 306 valence electrons. The van der Waals surface area contributed by atoms with Crippen LogP contribution in [0.15, 0.2) is 42.6 Å². The van der Waals surface area contributed by atoms with E-state index in [1.54, 1.807) is 32.4 Å². The number of methoxy groups -OCH3 is 2. The first-order valence-electron chi connectivity index (χ1n) is 20.5. The van der Waals surface area contributed by atoms with Gasteiger partial charge < -0.3 is 35.2 Å². The molecule has 2 aliphatic heterocycles. The number of nitrogens with zero attached hydrogens (tertiary/aromatic N) is 3. The van der Waals surface area contributed by atoms with Crippen molar-refractivity contribution >= 4 is 23.6 Å². The van der Waals surface area contributed by atoms with Gasteiger partial charge in [0.2, 0.25) is 23.6 Å². The number of aromatic amines is 1. The predicted molar refractivity (Wildman–Crippen MR) is 213 cm³/mol. The van der Waals surface area contributed by atoms with E-state index >= 15 is 0 Å². The molecule has 13 nitrogen and oxygen atoms in total. The molecular weight excluding hydrogens is 699 g/mol. The lowest BCUT2D eigenvalue weighted by Gasteiger charge is -2.39. The Labute approximate surface area is 328 Å². The average Bonchev–Trinajstić information content (AvgIpc) is 4.04. The van der Waals surface area contributed by atoms with Gasteiger partial charge in [-0.2, -0.15) is 5.10 Å². The van der Waals surface area contributed by atoms with Crippen molar-refractivity contribution < 1.29 is 28.7 Å². The molecular formula is C42H67N7O6. The van der Waals surface area contributed by atoms with Gasteiger partial charge in [0.25, 0.3) is 0 Å². The van der Waals surface area contributed by atoms with Crippen molar-refractivity contribution in [2.75, 3.05) is 34.4 Å². The van der Waals surface area contributed by atoms with Crippen LogP contribution in [0.5, 0.6) is 0 Å². The number of H-pyrrole nitrogens is 1. The van der Waals surface area contributed by atoms with Gasteiger partial charge in [0, 0.05) is 40.1 Å². The van der Waals surface area contributed by atoms with Gasteiger partial charge in [-0.1, -0.05) is 77.8 Å². The Morgan fingerprint density at radius 3 is 2.33 bits per heavy atom. The number of hydrogen-bond acceptors (Lipinski definition) is 8. The Bertz CT molecular complexity index is 1490. The lowest BCUT2D eigenvalue weighted by Crippen LogP contribution is -2.55. The lowest BCUT2D eigenvalue weighted by atomic mass is 9.90. The van der Waals surface area contributed by atoms with Crippen LogP contribution in [0.2, 0.25) is 0 Å². The number of ether oxygens (including phenoxy) is 2. The fourth-order valence-corrected chi connectivity index (χ4v) is 8.73. The van der Waals surface area contributed by atoms with Crippen LogP contribution >= 0.6 is 0 Å². The molecule has 13 heteroatoms. The number of carbonyl (C=O) groups excluding carboxylic acids is 4. The van der Waals surface area contributed by atoms with Crippen molar-refractivity contribution in [2.24, 2.45) is 17.8 Å². The number of amides is 4. The molecule has 4 amide bonds. The summed E-state index contributed by atoms with van der Waals surface area (Å²) in [5, 5.41) is 16.6. The summed E-state index contributed by atoms with van der Waals surface area (Å²) in [6, 6.07) is 11.0. The maximum absolute atomic E-state index is 14.1. The number of piperidine rings is 1. The summed E-state index contributed by atoms with van der Waals surface area (Å²) < 4.78 is 12.0. The van der Waals surface area contributed by atoms with Crippen molar-refractivity contribution in [3.8, 4) is 0 Å². The summed E-state index contributed by atoms with van der Waals surface area (Å²) in [4.78, 5) is 57.8. The number of carbonyl (C=O) groups is 4. The number of benzene rings is 1. The zero-order valence-electron chi connectivity index (χ0n) is 34.4. The molecule has 1 aromatic carbocycles. The Balaban J connectivity index is 0.00000217. The molecule has 10 atom stereocenters. The first-order valence-corrected chi connectivity index (χ1v) is 20.5. The zero-order chi connectivity index (χ0) is 40.1. The number of fused-ring (bicyclic) bond motifs is 2. The Morgan fingerprint density at radius 1 is 1.02 bits per heavy atom. The first kappa shape index (κ1) is 43.9. The molecule has 1 aromatic heterocycles. The molecule has 1 aliphatic carbocycles. The molecule has 5 rings (SSSR count). The number of aromatic nitrogens is 2. The monoisotopic (exact) mass is 766 g/mol. The molecule has 3 fully saturated rings. The molecule has 3 aliphatic rings. The molecule has 2 bridgehead atoms. The standard InChI is InChI=1S/C39H59N7O6.C3H8/c1-7-24(2)36(45(4)34(48)23-40-39(50)35-27-15-16-28(21-27)42-35)32(51-5)22-33(47)46-19-11-14-31(46)37(52-6)25(3)38(49)43-30(29-17-18-41-44-29)20-26-12-9-8-10-13-26;1-3-2/h8-10,12-13,17-18,24-25,27-28,30-32,35-37,42H,7,11,14-16,19-23H2,1-6H3,(H,40,50)(H,41,44)(H,43,49);3H2,1-2H3/t24?,25?,27?,28?,30-,31?,32?,35?,36?,37?;/m0./s1. The Hall–Kier alpha value is -3.81. The minimum atomic E-state index is -0.574. The predicted octanol–water partition coefficient (Wildman–Crippen LogP) is 4.40. The van der Waals surface area contributed by atoms with E-state index in [2.05, 4.69) is 53.8 Å². The fraction of sp³-hybridized carbons (Fsp3) is 0.690. The van der Waals surface area contributed by atoms with E-state index in [0.29, 0.717) is 31.3 Å². The minimum absolute atomic E-state index is 0.0261. The highest BCUT2D eigenvalue weighted by molar-refractivity contribution is 5.88. The first-order chi connectivity index (χ1) is 26.5. The average molecular weight is 766 g/mol. The number of rotatable bonds is 18. The summed E-state index contributed by atoms with van der Waals surface area (Å²) in [7, 11) is 4.90. The molecule has 2 aromatic rings. The maximum atomic E-state index is 14.1. The Morgan fingerprint density at radius 2 is 1.75 bits per heavy atom. The number of nitrogens with one attached hydrogen (secondary N) is 4. The Kier molecular flexibility index (Phi) is 17.2. The second-order valence-corrected chi connectivity index (χ2v) is 15.7. The number of likely N-dealkylation sites (tertiary alicyclic amines) is 1. The number of likely N-dealkylation sites (N-methyl/N-ethyl adjacent to an activating group) is 1. The van der Waals surface area contributed by atoms with Crippen molar-refractivity contribution in [3.63, 3.8) is 0 Å². The van der Waals surface area contributed by atoms with Gasteiger partial charge in [-0.25, -0.2) is 0 Å². The summed E-state index contributed by atoms with van der Waals surface area (Å²) >= 11 is 0. The van der Waals surface area contributed by atoms with Gasteiger partial charge in [0.05, 0.1) is 61.0 Å². The van der Waals surface area contributed by atoms with Crippen LogP contribution in [-0.4, -0.2) is 114 Å². The topological polar surface area (TPSA) is 158 Å². The normalized spacial score (nSPS) is 23.5. The van der Waals surface area contributed by atoms with Gasteiger partial charge in [-0.3, -0.25) is 24.3 Å². The quantitative estimate of drug-likeness (QED) is 0.174. The maximum Gasteiger partial charge on any atom is 0.242 e. The molecule has 0 spiro atoms. The van der Waals surface area contributed by atoms with E-state index in [-0.39, 0.29) is 60.6 Å². The highest BCUT2D eigenvalue weighted by Gasteiger charge is 2.44. The van der Waals surface area contributed by atoms with Crippen molar-refractivity contribution in [2.45, 2.75) is 135 Å². The van der Waals surface area contributed by atoms with Crippen LogP contribution in [0.3, 0.4) is 0 Å². The van der Waals surface area contributed by atoms with E-state index in [1.165, 1.54) is 6.42 Å². The van der Waals surface area contributed by atoms with Gasteiger partial charge in [0.1, 0.15) is 0 Å². The van der Waals surface area contributed by atoms with Crippen molar-refractivity contribution in [1.82, 2.24) is 35.9 Å². The lowest BCUT2D eigenvalue weighted by molar-refractivity contribution is -0.146. The molecule has 1 saturated carbocycles. The second kappa shape index (κ2) is 21.5. The van der Waals surface area contributed by atoms with E-state index < -0.39 is 24.2 Å². The van der Waals surface area contributed by atoms with Crippen LogP contribution in [0.4, 0.5) is 0 Å². The summed E-state index contributed by atoms with van der Waals surface area (Å²) in [6.45, 7) is 10.6. The van der Waals surface area contributed by atoms with Crippen molar-refractivity contribution in [3.05, 3.63) is 53.9 Å². The minimum Gasteiger partial charge on any atom is -0.379 e. The summed E-state index contributed by atoms with van der Waals surface area (Å²) in [6.07, 6.45) is 7.89. The molecule has 0 radical (unpaired) electrons. The van der Waals surface area contributed by atoms with Crippen LogP contribution in [0, 0.1) is 17.8 Å². The number of hydrogen-bond donors (Lipinski definition) is 4. The van der Waals surface area contributed by atoms with Crippen LogP contribution in [-0.2, 0) is 35.1 Å². The third-order valence-electron chi connectivity index (χ3n) is 11.9.